The third-order valence-electron chi connectivity index (χ3n) is 6.01. The standard InChI is InChI=1S/C24H34N4O4/c1-24(2,3)32-23(31)27-20-6-4-5-16(20)14-22(30)26-18-7-8-21(17(13-18)15-25)28-11-9-19(29)10-12-28/h7-8,13,16,19-20,29H,4-6,9-12,14H2,1-3H3,(H,26,30)(H,27,31)/t16-,20+/m0/s1. The molecule has 32 heavy (non-hydrogen) atoms. The molecule has 0 spiro atoms. The highest BCUT2D eigenvalue weighted by Gasteiger charge is 2.31. The first kappa shape index (κ1) is 23.9. The number of amides is 2. The number of nitriles is 1. The van der Waals surface area contributed by atoms with E-state index in [4.69, 9.17) is 4.74 Å². The van der Waals surface area contributed by atoms with Crippen molar-refractivity contribution in [1.29, 1.82) is 5.26 Å². The molecule has 1 saturated carbocycles. The van der Waals surface area contributed by atoms with Gasteiger partial charge in [-0.3, -0.25) is 4.79 Å². The van der Waals surface area contributed by atoms with Gasteiger partial charge in [-0.2, -0.15) is 5.26 Å². The van der Waals surface area contributed by atoms with E-state index in [2.05, 4.69) is 21.6 Å². The van der Waals surface area contributed by atoms with E-state index in [1.807, 2.05) is 32.9 Å². The number of carbonyl (C=O) groups excluding carboxylic acids is 2. The molecule has 1 aliphatic carbocycles. The zero-order valence-electron chi connectivity index (χ0n) is 19.2. The van der Waals surface area contributed by atoms with Crippen LogP contribution in [0.15, 0.2) is 18.2 Å². The van der Waals surface area contributed by atoms with E-state index in [1.54, 1.807) is 6.07 Å². The van der Waals surface area contributed by atoms with Crippen LogP contribution in [0.3, 0.4) is 0 Å². The molecular formula is C24H34N4O4. The topological polar surface area (TPSA) is 115 Å². The number of aliphatic hydroxyl groups excluding tert-OH is 1. The highest BCUT2D eigenvalue weighted by atomic mass is 16.6. The molecule has 1 saturated heterocycles. The lowest BCUT2D eigenvalue weighted by molar-refractivity contribution is -0.117. The first-order valence-electron chi connectivity index (χ1n) is 11.4. The monoisotopic (exact) mass is 442 g/mol. The molecule has 0 unspecified atom stereocenters. The number of piperidine rings is 1. The van der Waals surface area contributed by atoms with Gasteiger partial charge in [-0.25, -0.2) is 4.79 Å². The van der Waals surface area contributed by atoms with E-state index in [1.165, 1.54) is 0 Å². The van der Waals surface area contributed by atoms with Gasteiger partial charge in [-0.1, -0.05) is 6.42 Å². The van der Waals surface area contributed by atoms with Gasteiger partial charge in [0.05, 0.1) is 17.4 Å². The van der Waals surface area contributed by atoms with Crippen molar-refractivity contribution in [2.45, 2.75) is 77.0 Å². The molecule has 2 amide bonds. The Bertz CT molecular complexity index is 866. The number of ether oxygens (including phenoxy) is 1. The van der Waals surface area contributed by atoms with E-state index in [9.17, 15) is 20.0 Å². The molecule has 2 atom stereocenters. The largest absolute Gasteiger partial charge is 0.444 e. The summed E-state index contributed by atoms with van der Waals surface area (Å²) in [5.41, 5.74) is 1.36. The number of nitrogens with one attached hydrogen (secondary N) is 2. The minimum atomic E-state index is -0.561. The predicted octanol–water partition coefficient (Wildman–Crippen LogP) is 3.54. The van der Waals surface area contributed by atoms with Gasteiger partial charge < -0.3 is 25.4 Å². The molecule has 0 radical (unpaired) electrons. The van der Waals surface area contributed by atoms with Gasteiger partial charge in [0.2, 0.25) is 5.91 Å². The Hall–Kier alpha value is -2.79. The van der Waals surface area contributed by atoms with Crippen LogP contribution in [0.25, 0.3) is 0 Å². The van der Waals surface area contributed by atoms with Crippen molar-refractivity contribution in [3.8, 4) is 6.07 Å². The number of hydrogen-bond acceptors (Lipinski definition) is 6. The van der Waals surface area contributed by atoms with Crippen molar-refractivity contribution < 1.29 is 19.4 Å². The fraction of sp³-hybridized carbons (Fsp3) is 0.625. The molecule has 174 valence electrons. The molecule has 1 aromatic rings. The number of carbonyl (C=O) groups is 2. The summed E-state index contributed by atoms with van der Waals surface area (Å²) in [6.45, 7) is 6.87. The summed E-state index contributed by atoms with van der Waals surface area (Å²) in [5.74, 6) is -0.0809. The second kappa shape index (κ2) is 10.2. The first-order chi connectivity index (χ1) is 15.1. The van der Waals surface area contributed by atoms with Crippen molar-refractivity contribution in [2.75, 3.05) is 23.3 Å². The van der Waals surface area contributed by atoms with Gasteiger partial charge in [-0.15, -0.1) is 0 Å². The van der Waals surface area contributed by atoms with Crippen LogP contribution in [0.1, 0.15) is 64.9 Å². The summed E-state index contributed by atoms with van der Waals surface area (Å²) in [5, 5.41) is 25.1. The zero-order chi connectivity index (χ0) is 23.3. The summed E-state index contributed by atoms with van der Waals surface area (Å²) in [7, 11) is 0. The van der Waals surface area contributed by atoms with Crippen LogP contribution < -0.4 is 15.5 Å². The summed E-state index contributed by atoms with van der Waals surface area (Å²) >= 11 is 0. The average Bonchev–Trinajstić information content (AvgIpc) is 3.13. The Morgan fingerprint density at radius 3 is 2.59 bits per heavy atom. The van der Waals surface area contributed by atoms with Gasteiger partial charge in [0.1, 0.15) is 11.7 Å². The quantitative estimate of drug-likeness (QED) is 0.643. The van der Waals surface area contributed by atoms with Gasteiger partial charge in [0.25, 0.3) is 0 Å². The molecular weight excluding hydrogens is 408 g/mol. The Balaban J connectivity index is 1.57. The molecule has 3 N–H and O–H groups in total. The fourth-order valence-electron chi connectivity index (χ4n) is 4.47. The van der Waals surface area contributed by atoms with E-state index < -0.39 is 11.7 Å². The van der Waals surface area contributed by atoms with Crippen molar-refractivity contribution in [2.24, 2.45) is 5.92 Å². The van der Waals surface area contributed by atoms with Gasteiger partial charge in [-0.05, 0) is 70.6 Å². The highest BCUT2D eigenvalue weighted by molar-refractivity contribution is 5.91. The third kappa shape index (κ3) is 6.60. The zero-order valence-corrected chi connectivity index (χ0v) is 19.2. The smallest absolute Gasteiger partial charge is 0.407 e. The molecule has 1 heterocycles. The Labute approximate surface area is 189 Å². The maximum Gasteiger partial charge on any atom is 0.407 e. The van der Waals surface area contributed by atoms with Gasteiger partial charge in [0.15, 0.2) is 0 Å². The van der Waals surface area contributed by atoms with E-state index in [-0.39, 0.29) is 24.0 Å². The maximum absolute atomic E-state index is 12.7. The van der Waals surface area contributed by atoms with Crippen LogP contribution >= 0.6 is 0 Å². The number of rotatable bonds is 5. The minimum absolute atomic E-state index is 0.0528. The van der Waals surface area contributed by atoms with Crippen LogP contribution in [0.2, 0.25) is 0 Å². The fourth-order valence-corrected chi connectivity index (χ4v) is 4.47. The summed E-state index contributed by atoms with van der Waals surface area (Å²) < 4.78 is 5.34. The predicted molar refractivity (Wildman–Crippen MR) is 122 cm³/mol. The molecule has 8 nitrogen and oxygen atoms in total. The van der Waals surface area contributed by atoms with E-state index in [0.717, 1.165) is 24.9 Å². The molecule has 8 heteroatoms. The van der Waals surface area contributed by atoms with Crippen molar-refractivity contribution in [1.82, 2.24) is 5.32 Å². The van der Waals surface area contributed by atoms with Crippen LogP contribution in [0, 0.1) is 17.2 Å². The van der Waals surface area contributed by atoms with Crippen LogP contribution in [0.4, 0.5) is 16.2 Å². The Morgan fingerprint density at radius 1 is 1.22 bits per heavy atom. The average molecular weight is 443 g/mol. The lowest BCUT2D eigenvalue weighted by Crippen LogP contribution is -2.41. The maximum atomic E-state index is 12.7. The Morgan fingerprint density at radius 2 is 1.94 bits per heavy atom. The lowest BCUT2D eigenvalue weighted by atomic mass is 9.99. The molecule has 3 rings (SSSR count). The lowest BCUT2D eigenvalue weighted by Gasteiger charge is -2.32. The SMILES string of the molecule is CC(C)(C)OC(=O)N[C@@H]1CCC[C@H]1CC(=O)Nc1ccc(N2CCC(O)CC2)c(C#N)c1. The Kier molecular flexibility index (Phi) is 7.62. The van der Waals surface area contributed by atoms with Crippen LogP contribution in [0.5, 0.6) is 0 Å². The summed E-state index contributed by atoms with van der Waals surface area (Å²) in [6, 6.07) is 7.50. The normalized spacial score (nSPS) is 21.7. The van der Waals surface area contributed by atoms with Crippen molar-refractivity contribution in [3.63, 3.8) is 0 Å². The third-order valence-corrected chi connectivity index (χ3v) is 6.01. The first-order valence-corrected chi connectivity index (χ1v) is 11.4. The van der Waals surface area contributed by atoms with E-state index in [0.29, 0.717) is 43.6 Å². The number of anilines is 2. The number of hydrogen-bond donors (Lipinski definition) is 3. The highest BCUT2D eigenvalue weighted by Crippen LogP contribution is 2.30. The molecule has 2 fully saturated rings. The molecule has 1 aromatic carbocycles. The van der Waals surface area contributed by atoms with Crippen molar-refractivity contribution >= 4 is 23.4 Å². The van der Waals surface area contributed by atoms with E-state index >= 15 is 0 Å². The second-order valence-electron chi connectivity index (χ2n) is 9.76. The van der Waals surface area contributed by atoms with Gasteiger partial charge in [0, 0.05) is 31.2 Å². The molecule has 1 aliphatic heterocycles. The second-order valence-corrected chi connectivity index (χ2v) is 9.76. The van der Waals surface area contributed by atoms with Crippen LogP contribution in [-0.4, -0.2) is 47.9 Å². The van der Waals surface area contributed by atoms with Crippen molar-refractivity contribution in [3.05, 3.63) is 23.8 Å². The number of aliphatic hydroxyl groups is 1. The number of nitrogens with zero attached hydrogens (tertiary/aromatic N) is 2. The van der Waals surface area contributed by atoms with Crippen LogP contribution in [-0.2, 0) is 9.53 Å². The molecule has 0 aromatic heterocycles. The molecule has 0 bridgehead atoms. The number of benzene rings is 1. The summed E-state index contributed by atoms with van der Waals surface area (Å²) in [4.78, 5) is 26.9. The van der Waals surface area contributed by atoms with Gasteiger partial charge >= 0.3 is 6.09 Å². The minimum Gasteiger partial charge on any atom is -0.444 e. The summed E-state index contributed by atoms with van der Waals surface area (Å²) in [6.07, 6.45) is 3.59. The number of alkyl carbamates (subject to hydrolysis) is 1. The molecule has 2 aliphatic rings.